The quantitative estimate of drug-likeness (QED) is 0.780. The molecule has 0 atom stereocenters. The van der Waals surface area contributed by atoms with Crippen LogP contribution in [0.4, 0.5) is 10.5 Å². The summed E-state index contributed by atoms with van der Waals surface area (Å²) in [5, 5.41) is 18.0. The molecule has 1 aromatic carbocycles. The molecule has 0 spiro atoms. The molecule has 3 N–H and O–H groups in total. The van der Waals surface area contributed by atoms with E-state index < -0.39 is 0 Å². The van der Waals surface area contributed by atoms with E-state index in [1.54, 1.807) is 32.2 Å². The van der Waals surface area contributed by atoms with Gasteiger partial charge in [-0.2, -0.15) is 0 Å². The van der Waals surface area contributed by atoms with E-state index >= 15 is 0 Å². The fraction of sp³-hybridized carbons (Fsp3) is 0.412. The van der Waals surface area contributed by atoms with Crippen molar-refractivity contribution in [2.24, 2.45) is 0 Å². The Bertz CT molecular complexity index is 780. The number of urea groups is 1. The highest BCUT2D eigenvalue weighted by atomic mass is 32.1. The van der Waals surface area contributed by atoms with Crippen LogP contribution in [0.15, 0.2) is 18.2 Å². The van der Waals surface area contributed by atoms with Gasteiger partial charge in [-0.15, -0.1) is 10.2 Å². The molecule has 0 radical (unpaired) electrons. The molecule has 0 saturated heterocycles. The molecule has 2 aromatic rings. The Hall–Kier alpha value is -2.48. The van der Waals surface area contributed by atoms with Gasteiger partial charge in [-0.05, 0) is 24.6 Å². The van der Waals surface area contributed by atoms with Crippen molar-refractivity contribution in [2.45, 2.75) is 39.7 Å². The van der Waals surface area contributed by atoms with Crippen molar-refractivity contribution in [1.29, 1.82) is 0 Å². The second-order valence-electron chi connectivity index (χ2n) is 6.62. The zero-order valence-corrected chi connectivity index (χ0v) is 15.9. The highest BCUT2D eigenvalue weighted by molar-refractivity contribution is 7.11. The van der Waals surface area contributed by atoms with Gasteiger partial charge in [0.25, 0.3) is 5.91 Å². The Kier molecular flexibility index (Phi) is 5.73. The Morgan fingerprint density at radius 2 is 1.92 bits per heavy atom. The summed E-state index contributed by atoms with van der Waals surface area (Å²) < 4.78 is 0. The summed E-state index contributed by atoms with van der Waals surface area (Å²) in [5.41, 5.74) is 1.77. The van der Waals surface area contributed by atoms with Crippen LogP contribution in [0.25, 0.3) is 0 Å². The second-order valence-corrected chi connectivity index (χ2v) is 7.68. The molecule has 134 valence electrons. The predicted molar refractivity (Wildman–Crippen MR) is 99.0 cm³/mol. The maximum atomic E-state index is 12.1. The molecule has 1 aromatic heterocycles. The lowest BCUT2D eigenvalue weighted by Gasteiger charge is -2.12. The van der Waals surface area contributed by atoms with Crippen molar-refractivity contribution in [3.05, 3.63) is 39.3 Å². The Morgan fingerprint density at radius 3 is 2.52 bits per heavy atom. The third-order valence-electron chi connectivity index (χ3n) is 3.56. The van der Waals surface area contributed by atoms with E-state index in [9.17, 15) is 9.59 Å². The van der Waals surface area contributed by atoms with Crippen molar-refractivity contribution >= 4 is 29.0 Å². The van der Waals surface area contributed by atoms with Gasteiger partial charge in [0.2, 0.25) is 0 Å². The lowest BCUT2D eigenvalue weighted by Crippen LogP contribution is -2.29. The molecular weight excluding hydrogens is 338 g/mol. The molecule has 0 unspecified atom stereocenters. The number of anilines is 1. The van der Waals surface area contributed by atoms with Gasteiger partial charge in [-0.1, -0.05) is 38.2 Å². The highest BCUT2D eigenvalue weighted by Crippen LogP contribution is 2.25. The topological polar surface area (TPSA) is 96.0 Å². The summed E-state index contributed by atoms with van der Waals surface area (Å²) >= 11 is 1.48. The van der Waals surface area contributed by atoms with Crippen molar-refractivity contribution in [1.82, 2.24) is 20.8 Å². The van der Waals surface area contributed by atoms with Crippen LogP contribution in [0.2, 0.25) is 0 Å². The first-order valence-corrected chi connectivity index (χ1v) is 8.73. The van der Waals surface area contributed by atoms with Crippen LogP contribution in [-0.4, -0.2) is 29.2 Å². The Balaban J connectivity index is 1.99. The SMILES string of the molecule is CNC(=O)c1cccc(NC(=O)NCc2nnc(C(C)(C)C)s2)c1C. The van der Waals surface area contributed by atoms with Gasteiger partial charge in [-0.3, -0.25) is 4.79 Å². The van der Waals surface area contributed by atoms with Crippen LogP contribution < -0.4 is 16.0 Å². The van der Waals surface area contributed by atoms with Crippen molar-refractivity contribution in [3.63, 3.8) is 0 Å². The predicted octanol–water partition coefficient (Wildman–Crippen LogP) is 2.83. The van der Waals surface area contributed by atoms with Gasteiger partial charge < -0.3 is 16.0 Å². The number of amides is 3. The van der Waals surface area contributed by atoms with Gasteiger partial charge >= 0.3 is 6.03 Å². The van der Waals surface area contributed by atoms with E-state index in [4.69, 9.17) is 0 Å². The number of rotatable bonds is 4. The van der Waals surface area contributed by atoms with Crippen molar-refractivity contribution in [3.8, 4) is 0 Å². The van der Waals surface area contributed by atoms with Gasteiger partial charge in [0.05, 0.1) is 6.54 Å². The van der Waals surface area contributed by atoms with Crippen LogP contribution in [0, 0.1) is 6.92 Å². The molecule has 0 aliphatic carbocycles. The van der Waals surface area contributed by atoms with Crippen LogP contribution in [0.3, 0.4) is 0 Å². The maximum absolute atomic E-state index is 12.1. The normalized spacial score (nSPS) is 11.1. The number of carbonyl (C=O) groups is 2. The molecule has 8 heteroatoms. The average Bonchev–Trinajstić information content (AvgIpc) is 3.03. The van der Waals surface area contributed by atoms with Crippen LogP contribution in [0.1, 0.15) is 46.7 Å². The summed E-state index contributed by atoms with van der Waals surface area (Å²) in [4.78, 5) is 23.9. The molecule has 7 nitrogen and oxygen atoms in total. The first-order valence-electron chi connectivity index (χ1n) is 7.91. The summed E-state index contributed by atoms with van der Waals surface area (Å²) in [6.07, 6.45) is 0. The molecule has 0 aliphatic heterocycles. The van der Waals surface area contributed by atoms with Gasteiger partial charge in [-0.25, -0.2) is 4.79 Å². The molecule has 2 rings (SSSR count). The van der Waals surface area contributed by atoms with E-state index in [0.717, 1.165) is 10.0 Å². The molecule has 25 heavy (non-hydrogen) atoms. The zero-order chi connectivity index (χ0) is 18.6. The molecule has 0 fully saturated rings. The average molecular weight is 361 g/mol. The van der Waals surface area contributed by atoms with E-state index in [0.29, 0.717) is 23.4 Å². The number of benzene rings is 1. The van der Waals surface area contributed by atoms with Crippen LogP contribution in [0.5, 0.6) is 0 Å². The van der Waals surface area contributed by atoms with E-state index in [1.165, 1.54) is 11.3 Å². The van der Waals surface area contributed by atoms with Crippen LogP contribution >= 0.6 is 11.3 Å². The minimum Gasteiger partial charge on any atom is -0.355 e. The number of nitrogens with one attached hydrogen (secondary N) is 3. The standard InChI is InChI=1S/C17H23N5O2S/c1-10-11(14(23)18-5)7-6-8-12(10)20-16(24)19-9-13-21-22-15(25-13)17(2,3)4/h6-8H,9H2,1-5H3,(H,18,23)(H2,19,20,24). The minimum atomic E-state index is -0.357. The molecule has 0 aliphatic rings. The first kappa shape index (κ1) is 18.9. The lowest BCUT2D eigenvalue weighted by atomic mass is 9.98. The highest BCUT2D eigenvalue weighted by Gasteiger charge is 2.19. The fourth-order valence-corrected chi connectivity index (χ4v) is 2.94. The molecule has 0 saturated carbocycles. The van der Waals surface area contributed by atoms with E-state index in [2.05, 4.69) is 46.9 Å². The molecule has 3 amide bonds. The molecular formula is C17H23N5O2S. The van der Waals surface area contributed by atoms with Gasteiger partial charge in [0.1, 0.15) is 10.0 Å². The monoisotopic (exact) mass is 361 g/mol. The second kappa shape index (κ2) is 7.60. The number of nitrogens with zero attached hydrogens (tertiary/aromatic N) is 2. The minimum absolute atomic E-state index is 0.0599. The smallest absolute Gasteiger partial charge is 0.319 e. The molecule has 0 bridgehead atoms. The first-order chi connectivity index (χ1) is 11.7. The Morgan fingerprint density at radius 1 is 1.20 bits per heavy atom. The summed E-state index contributed by atoms with van der Waals surface area (Å²) in [6.45, 7) is 8.30. The van der Waals surface area contributed by atoms with Crippen LogP contribution in [-0.2, 0) is 12.0 Å². The Labute approximate surface area is 151 Å². The van der Waals surface area contributed by atoms with E-state index in [-0.39, 0.29) is 17.4 Å². The summed E-state index contributed by atoms with van der Waals surface area (Å²) in [7, 11) is 1.57. The maximum Gasteiger partial charge on any atom is 0.319 e. The third kappa shape index (κ3) is 4.76. The number of aromatic nitrogens is 2. The van der Waals surface area contributed by atoms with Gasteiger partial charge in [0.15, 0.2) is 0 Å². The molecule has 1 heterocycles. The van der Waals surface area contributed by atoms with Crippen molar-refractivity contribution < 1.29 is 9.59 Å². The summed E-state index contributed by atoms with van der Waals surface area (Å²) in [5.74, 6) is -0.190. The lowest BCUT2D eigenvalue weighted by molar-refractivity contribution is 0.0962. The third-order valence-corrected chi connectivity index (χ3v) is 4.91. The largest absolute Gasteiger partial charge is 0.355 e. The number of hydrogen-bond acceptors (Lipinski definition) is 5. The summed E-state index contributed by atoms with van der Waals surface area (Å²) in [6, 6.07) is 4.84. The zero-order valence-electron chi connectivity index (χ0n) is 15.1. The fourth-order valence-electron chi connectivity index (χ4n) is 2.10. The number of carbonyl (C=O) groups excluding carboxylic acids is 2. The van der Waals surface area contributed by atoms with E-state index in [1.807, 2.05) is 0 Å². The number of hydrogen-bond donors (Lipinski definition) is 3. The van der Waals surface area contributed by atoms with Gasteiger partial charge in [0, 0.05) is 23.7 Å². The van der Waals surface area contributed by atoms with Crippen molar-refractivity contribution in [2.75, 3.05) is 12.4 Å².